The van der Waals surface area contributed by atoms with Gasteiger partial charge in [-0.2, -0.15) is 5.26 Å². The van der Waals surface area contributed by atoms with Gasteiger partial charge in [-0.25, -0.2) is 0 Å². The van der Waals surface area contributed by atoms with E-state index in [2.05, 4.69) is 11.4 Å². The van der Waals surface area contributed by atoms with E-state index in [0.29, 0.717) is 37.5 Å². The van der Waals surface area contributed by atoms with Crippen LogP contribution in [0.15, 0.2) is 24.3 Å². The first kappa shape index (κ1) is 16.0. The number of esters is 1. The van der Waals surface area contributed by atoms with Crippen molar-refractivity contribution >= 4 is 5.97 Å². The third kappa shape index (κ3) is 6.21. The Morgan fingerprint density at radius 3 is 2.90 bits per heavy atom. The zero-order valence-corrected chi connectivity index (χ0v) is 11.7. The molecule has 1 aromatic carbocycles. The van der Waals surface area contributed by atoms with Gasteiger partial charge in [0.05, 0.1) is 25.2 Å². The van der Waals surface area contributed by atoms with Gasteiger partial charge in [0.1, 0.15) is 11.8 Å². The number of nitrogens with zero attached hydrogens (tertiary/aromatic N) is 1. The number of benzene rings is 1. The van der Waals surface area contributed by atoms with Crippen molar-refractivity contribution in [2.45, 2.75) is 19.8 Å². The molecule has 0 aliphatic rings. The number of hydrogen-bond acceptors (Lipinski definition) is 5. The summed E-state index contributed by atoms with van der Waals surface area (Å²) < 4.78 is 10.4. The molecule has 1 N–H and O–H groups in total. The second kappa shape index (κ2) is 9.82. The van der Waals surface area contributed by atoms with E-state index < -0.39 is 0 Å². The Morgan fingerprint density at radius 2 is 2.15 bits per heavy atom. The lowest BCUT2D eigenvalue weighted by Crippen LogP contribution is -2.21. The summed E-state index contributed by atoms with van der Waals surface area (Å²) >= 11 is 0. The van der Waals surface area contributed by atoms with E-state index in [1.807, 2.05) is 12.1 Å². The van der Waals surface area contributed by atoms with Gasteiger partial charge in [-0.3, -0.25) is 4.79 Å². The van der Waals surface area contributed by atoms with E-state index in [1.165, 1.54) is 0 Å². The van der Waals surface area contributed by atoms with Crippen LogP contribution < -0.4 is 10.1 Å². The Balaban J connectivity index is 2.08. The van der Waals surface area contributed by atoms with Gasteiger partial charge in [0.15, 0.2) is 0 Å². The maximum Gasteiger partial charge on any atom is 0.307 e. The molecule has 0 atom stereocenters. The minimum absolute atomic E-state index is 0.181. The number of rotatable bonds is 9. The van der Waals surface area contributed by atoms with E-state index in [9.17, 15) is 4.79 Å². The maximum atomic E-state index is 11.1. The predicted molar refractivity (Wildman–Crippen MR) is 75.4 cm³/mol. The third-order valence-corrected chi connectivity index (χ3v) is 2.57. The maximum absolute atomic E-state index is 11.1. The number of nitrogens with one attached hydrogen (secondary N) is 1. The summed E-state index contributed by atoms with van der Waals surface area (Å²) in [4.78, 5) is 11.1. The van der Waals surface area contributed by atoms with Crippen LogP contribution in [0, 0.1) is 11.3 Å². The summed E-state index contributed by atoms with van der Waals surface area (Å²) in [6.07, 6.45) is 1.19. The first-order valence-electron chi connectivity index (χ1n) is 6.76. The molecule has 0 unspecified atom stereocenters. The van der Waals surface area contributed by atoms with Crippen molar-refractivity contribution in [3.8, 4) is 11.8 Å². The highest BCUT2D eigenvalue weighted by Crippen LogP contribution is 2.16. The summed E-state index contributed by atoms with van der Waals surface area (Å²) in [7, 11) is 0. The van der Waals surface area contributed by atoms with Crippen LogP contribution in [0.25, 0.3) is 0 Å². The number of carbonyl (C=O) groups is 1. The summed E-state index contributed by atoms with van der Waals surface area (Å²) in [6, 6.07) is 9.25. The molecule has 0 radical (unpaired) electrons. The van der Waals surface area contributed by atoms with Crippen LogP contribution in [0.5, 0.6) is 5.75 Å². The number of ether oxygens (including phenoxy) is 2. The van der Waals surface area contributed by atoms with E-state index in [1.54, 1.807) is 19.1 Å². The lowest BCUT2D eigenvalue weighted by atomic mass is 10.2. The van der Waals surface area contributed by atoms with Crippen LogP contribution in [0.2, 0.25) is 0 Å². The van der Waals surface area contributed by atoms with Crippen LogP contribution in [-0.4, -0.2) is 32.3 Å². The zero-order valence-electron chi connectivity index (χ0n) is 11.7. The summed E-state index contributed by atoms with van der Waals surface area (Å²) in [6.45, 7) is 4.11. The molecule has 0 aliphatic heterocycles. The third-order valence-electron chi connectivity index (χ3n) is 2.57. The van der Waals surface area contributed by atoms with Crippen LogP contribution in [0.1, 0.15) is 25.3 Å². The van der Waals surface area contributed by atoms with Crippen molar-refractivity contribution in [3.05, 3.63) is 29.8 Å². The zero-order chi connectivity index (χ0) is 14.6. The average Bonchev–Trinajstić information content (AvgIpc) is 2.47. The Morgan fingerprint density at radius 1 is 1.35 bits per heavy atom. The second-order valence-corrected chi connectivity index (χ2v) is 4.11. The molecule has 0 saturated carbocycles. The lowest BCUT2D eigenvalue weighted by Gasteiger charge is -2.08. The fraction of sp³-hybridized carbons (Fsp3) is 0.467. The highest BCUT2D eigenvalue weighted by Gasteiger charge is 2.02. The smallest absolute Gasteiger partial charge is 0.307 e. The standard InChI is InChI=1S/C15H20N2O3/c1-2-19-15(18)8-10-17-9-5-11-20-14-7-4-3-6-13(14)12-16/h3-4,6-7,17H,2,5,8-11H2,1H3. The van der Waals surface area contributed by atoms with Gasteiger partial charge in [-0.1, -0.05) is 12.1 Å². The second-order valence-electron chi connectivity index (χ2n) is 4.11. The first-order valence-corrected chi connectivity index (χ1v) is 6.76. The number of nitriles is 1. The fourth-order valence-electron chi connectivity index (χ4n) is 1.61. The lowest BCUT2D eigenvalue weighted by molar-refractivity contribution is -0.142. The molecule has 0 bridgehead atoms. The summed E-state index contributed by atoms with van der Waals surface area (Å²) in [5.41, 5.74) is 0.544. The summed E-state index contributed by atoms with van der Waals surface area (Å²) in [5.74, 6) is 0.431. The van der Waals surface area contributed by atoms with E-state index >= 15 is 0 Å². The number of para-hydroxylation sites is 1. The molecule has 0 aromatic heterocycles. The van der Waals surface area contributed by atoms with Gasteiger partial charge in [-0.05, 0) is 32.0 Å². The molecule has 5 nitrogen and oxygen atoms in total. The molecule has 0 saturated heterocycles. The van der Waals surface area contributed by atoms with Crippen molar-refractivity contribution in [1.29, 1.82) is 5.26 Å². The molecule has 0 aliphatic carbocycles. The molecule has 0 spiro atoms. The van der Waals surface area contributed by atoms with Crippen molar-refractivity contribution in [2.75, 3.05) is 26.3 Å². The average molecular weight is 276 g/mol. The SMILES string of the molecule is CCOC(=O)CCNCCCOc1ccccc1C#N. The molecule has 1 rings (SSSR count). The number of carbonyl (C=O) groups excluding carboxylic acids is 1. The molecule has 108 valence electrons. The molecule has 0 fully saturated rings. The Labute approximate surface area is 119 Å². The Bertz CT molecular complexity index is 455. The quantitative estimate of drug-likeness (QED) is 0.550. The van der Waals surface area contributed by atoms with Gasteiger partial charge in [0.2, 0.25) is 0 Å². The molecular formula is C15H20N2O3. The minimum atomic E-state index is -0.181. The van der Waals surface area contributed by atoms with Gasteiger partial charge in [0, 0.05) is 6.54 Å². The van der Waals surface area contributed by atoms with E-state index in [0.717, 1.165) is 13.0 Å². The van der Waals surface area contributed by atoms with E-state index in [-0.39, 0.29) is 5.97 Å². The predicted octanol–water partition coefficient (Wildman–Crippen LogP) is 1.87. The minimum Gasteiger partial charge on any atom is -0.492 e. The van der Waals surface area contributed by atoms with Gasteiger partial charge in [0.25, 0.3) is 0 Å². The van der Waals surface area contributed by atoms with E-state index in [4.69, 9.17) is 14.7 Å². The molecular weight excluding hydrogens is 256 g/mol. The first-order chi connectivity index (χ1) is 9.77. The normalized spacial score (nSPS) is 9.80. The highest BCUT2D eigenvalue weighted by molar-refractivity contribution is 5.69. The Hall–Kier alpha value is -2.06. The molecule has 1 aromatic rings. The number of hydrogen-bond donors (Lipinski definition) is 1. The van der Waals surface area contributed by atoms with Gasteiger partial charge in [-0.15, -0.1) is 0 Å². The molecule has 0 heterocycles. The van der Waals surface area contributed by atoms with Gasteiger partial charge >= 0.3 is 5.97 Å². The Kier molecular flexibility index (Phi) is 7.85. The monoisotopic (exact) mass is 276 g/mol. The largest absolute Gasteiger partial charge is 0.492 e. The van der Waals surface area contributed by atoms with Crippen LogP contribution in [-0.2, 0) is 9.53 Å². The van der Waals surface area contributed by atoms with Crippen LogP contribution in [0.3, 0.4) is 0 Å². The molecule has 0 amide bonds. The van der Waals surface area contributed by atoms with Crippen LogP contribution in [0.4, 0.5) is 0 Å². The molecule has 20 heavy (non-hydrogen) atoms. The van der Waals surface area contributed by atoms with Crippen molar-refractivity contribution in [1.82, 2.24) is 5.32 Å². The fourth-order valence-corrected chi connectivity index (χ4v) is 1.61. The topological polar surface area (TPSA) is 71.3 Å². The summed E-state index contributed by atoms with van der Waals surface area (Å²) in [5, 5.41) is 12.0. The molecule has 5 heteroatoms. The van der Waals surface area contributed by atoms with Gasteiger partial charge < -0.3 is 14.8 Å². The van der Waals surface area contributed by atoms with Crippen molar-refractivity contribution in [2.24, 2.45) is 0 Å². The van der Waals surface area contributed by atoms with Crippen molar-refractivity contribution in [3.63, 3.8) is 0 Å². The highest BCUT2D eigenvalue weighted by atomic mass is 16.5. The van der Waals surface area contributed by atoms with Crippen LogP contribution >= 0.6 is 0 Å². The van der Waals surface area contributed by atoms with Crippen molar-refractivity contribution < 1.29 is 14.3 Å².